The molecule has 2 aliphatic rings. The maximum absolute atomic E-state index is 12.1. The Balaban J connectivity index is 1.79. The van der Waals surface area contributed by atoms with Crippen LogP contribution in [0.1, 0.15) is 45.1 Å². The molecule has 0 saturated heterocycles. The number of amides is 1. The van der Waals surface area contributed by atoms with Gasteiger partial charge in [0.05, 0.1) is 5.60 Å². The van der Waals surface area contributed by atoms with Crippen LogP contribution in [0.3, 0.4) is 0 Å². The third-order valence-corrected chi connectivity index (χ3v) is 4.37. The van der Waals surface area contributed by atoms with Crippen molar-refractivity contribution in [2.24, 2.45) is 5.92 Å². The quantitative estimate of drug-likeness (QED) is 0.807. The number of rotatable bonds is 2. The van der Waals surface area contributed by atoms with E-state index in [1.54, 1.807) is 0 Å². The van der Waals surface area contributed by atoms with Crippen LogP contribution in [-0.4, -0.2) is 18.0 Å². The van der Waals surface area contributed by atoms with Crippen molar-refractivity contribution in [1.82, 2.24) is 0 Å². The molecule has 2 N–H and O–H groups in total. The first-order valence-corrected chi connectivity index (χ1v) is 7.28. The van der Waals surface area contributed by atoms with Crippen molar-refractivity contribution in [3.63, 3.8) is 0 Å². The Bertz CT molecular complexity index is 538. The number of fused-ring (bicyclic) bond motifs is 1. The summed E-state index contributed by atoms with van der Waals surface area (Å²) in [5, 5.41) is 12.9. The predicted molar refractivity (Wildman–Crippen MR) is 78.7 cm³/mol. The lowest BCUT2D eigenvalue weighted by Crippen LogP contribution is -2.29. The molecule has 1 aromatic rings. The Morgan fingerprint density at radius 2 is 2.10 bits per heavy atom. The Kier molecular flexibility index (Phi) is 3.34. The van der Waals surface area contributed by atoms with E-state index in [9.17, 15) is 9.82 Å². The van der Waals surface area contributed by atoms with E-state index in [2.05, 4.69) is 5.32 Å². The van der Waals surface area contributed by atoms with E-state index in [0.717, 1.165) is 42.4 Å². The van der Waals surface area contributed by atoms with Crippen LogP contribution in [0.5, 0.6) is 0 Å². The minimum Gasteiger partial charge on any atom is -0.423 e. The fraction of sp³-hybridized carbons (Fsp3) is 0.533. The number of hydrogen-bond acceptors (Lipinski definition) is 3. The molecule has 1 amide bonds. The van der Waals surface area contributed by atoms with E-state index in [-0.39, 0.29) is 11.8 Å². The molecule has 0 atom stereocenters. The zero-order valence-corrected chi connectivity index (χ0v) is 12.0. The molecule has 1 aliphatic heterocycles. The topological polar surface area (TPSA) is 58.6 Å². The summed E-state index contributed by atoms with van der Waals surface area (Å²) >= 11 is 0. The SMILES string of the molecule is CC1(C)OB(O)c2cc(NC(=O)C3CCCC3)ccc21. The van der Waals surface area contributed by atoms with Gasteiger partial charge in [-0.05, 0) is 49.8 Å². The molecule has 5 heteroatoms. The van der Waals surface area contributed by atoms with Gasteiger partial charge in [-0.1, -0.05) is 18.9 Å². The summed E-state index contributed by atoms with van der Waals surface area (Å²) in [7, 11) is -0.914. The first-order chi connectivity index (χ1) is 9.47. The first-order valence-electron chi connectivity index (χ1n) is 7.28. The van der Waals surface area contributed by atoms with Gasteiger partial charge in [0.2, 0.25) is 5.91 Å². The highest BCUT2D eigenvalue weighted by Gasteiger charge is 2.40. The first kappa shape index (κ1) is 13.6. The normalized spacial score (nSPS) is 21.1. The van der Waals surface area contributed by atoms with Crippen LogP contribution in [0.25, 0.3) is 0 Å². The average molecular weight is 273 g/mol. The van der Waals surface area contributed by atoms with Crippen LogP contribution in [0.2, 0.25) is 0 Å². The second kappa shape index (κ2) is 4.90. The molecular formula is C15H20BNO3. The lowest BCUT2D eigenvalue weighted by Gasteiger charge is -2.19. The maximum Gasteiger partial charge on any atom is 0.492 e. The van der Waals surface area contributed by atoms with Crippen LogP contribution in [-0.2, 0) is 15.0 Å². The molecule has 0 unspecified atom stereocenters. The van der Waals surface area contributed by atoms with Crippen LogP contribution < -0.4 is 10.8 Å². The van der Waals surface area contributed by atoms with Gasteiger partial charge < -0.3 is 15.0 Å². The van der Waals surface area contributed by atoms with Crippen molar-refractivity contribution in [3.05, 3.63) is 23.8 Å². The summed E-state index contributed by atoms with van der Waals surface area (Å²) in [6, 6.07) is 5.63. The summed E-state index contributed by atoms with van der Waals surface area (Å²) < 4.78 is 5.52. The monoisotopic (exact) mass is 273 g/mol. The van der Waals surface area contributed by atoms with Crippen LogP contribution in [0, 0.1) is 5.92 Å². The van der Waals surface area contributed by atoms with Crippen molar-refractivity contribution < 1.29 is 14.5 Å². The van der Waals surface area contributed by atoms with Crippen molar-refractivity contribution >= 4 is 24.2 Å². The van der Waals surface area contributed by atoms with Gasteiger partial charge in [0.25, 0.3) is 0 Å². The largest absolute Gasteiger partial charge is 0.492 e. The van der Waals surface area contributed by atoms with Crippen LogP contribution in [0.4, 0.5) is 5.69 Å². The molecule has 0 radical (unpaired) electrons. The van der Waals surface area contributed by atoms with Gasteiger partial charge >= 0.3 is 7.12 Å². The van der Waals surface area contributed by atoms with Gasteiger partial charge in [-0.2, -0.15) is 0 Å². The molecule has 4 nitrogen and oxygen atoms in total. The van der Waals surface area contributed by atoms with Gasteiger partial charge in [-0.25, -0.2) is 0 Å². The standard InChI is InChI=1S/C15H20BNO3/c1-15(2)12-8-7-11(9-13(12)16(19)20-15)17-14(18)10-5-3-4-6-10/h7-10,19H,3-6H2,1-2H3,(H,17,18). The summed E-state index contributed by atoms with van der Waals surface area (Å²) in [5.74, 6) is 0.232. The second-order valence-electron chi connectivity index (χ2n) is 6.25. The molecule has 1 aromatic carbocycles. The second-order valence-corrected chi connectivity index (χ2v) is 6.25. The van der Waals surface area contributed by atoms with Gasteiger partial charge in [0.1, 0.15) is 0 Å². The summed E-state index contributed by atoms with van der Waals surface area (Å²) in [5.41, 5.74) is 1.98. The number of hydrogen-bond donors (Lipinski definition) is 2. The fourth-order valence-electron chi connectivity index (χ4n) is 3.23. The van der Waals surface area contributed by atoms with Gasteiger partial charge in [0.15, 0.2) is 0 Å². The highest BCUT2D eigenvalue weighted by molar-refractivity contribution is 6.62. The smallest absolute Gasteiger partial charge is 0.423 e. The molecule has 0 aromatic heterocycles. The molecule has 1 saturated carbocycles. The summed E-state index contributed by atoms with van der Waals surface area (Å²) in [4.78, 5) is 12.1. The summed E-state index contributed by atoms with van der Waals surface area (Å²) in [6.07, 6.45) is 4.25. The van der Waals surface area contributed by atoms with E-state index in [1.807, 2.05) is 32.0 Å². The molecular weight excluding hydrogens is 253 g/mol. The molecule has 1 aliphatic carbocycles. The Morgan fingerprint density at radius 3 is 2.80 bits per heavy atom. The Hall–Kier alpha value is -1.33. The van der Waals surface area contributed by atoms with Gasteiger partial charge in [0, 0.05) is 11.6 Å². The van der Waals surface area contributed by atoms with Crippen LogP contribution >= 0.6 is 0 Å². The maximum atomic E-state index is 12.1. The highest BCUT2D eigenvalue weighted by Crippen LogP contribution is 2.31. The number of benzene rings is 1. The number of carbonyl (C=O) groups excluding carboxylic acids is 1. The Labute approximate surface area is 119 Å². The molecule has 1 fully saturated rings. The third-order valence-electron chi connectivity index (χ3n) is 4.37. The number of anilines is 1. The van der Waals surface area contributed by atoms with Crippen molar-refractivity contribution in [3.8, 4) is 0 Å². The van der Waals surface area contributed by atoms with Crippen molar-refractivity contribution in [2.45, 2.75) is 45.1 Å². The zero-order valence-electron chi connectivity index (χ0n) is 12.0. The minimum atomic E-state index is -0.914. The van der Waals surface area contributed by atoms with Gasteiger partial charge in [-0.3, -0.25) is 4.79 Å². The highest BCUT2D eigenvalue weighted by atomic mass is 16.5. The van der Waals surface area contributed by atoms with Gasteiger partial charge in [-0.15, -0.1) is 0 Å². The third kappa shape index (κ3) is 2.36. The number of nitrogens with one attached hydrogen (secondary N) is 1. The van der Waals surface area contributed by atoms with Crippen molar-refractivity contribution in [2.75, 3.05) is 5.32 Å². The minimum absolute atomic E-state index is 0.0927. The molecule has 0 spiro atoms. The molecule has 3 rings (SSSR count). The fourth-order valence-corrected chi connectivity index (χ4v) is 3.23. The van der Waals surface area contributed by atoms with Crippen LogP contribution in [0.15, 0.2) is 18.2 Å². The lowest BCUT2D eigenvalue weighted by atomic mass is 9.78. The molecule has 0 bridgehead atoms. The van der Waals surface area contributed by atoms with Crippen molar-refractivity contribution in [1.29, 1.82) is 0 Å². The van der Waals surface area contributed by atoms with E-state index in [0.29, 0.717) is 0 Å². The lowest BCUT2D eigenvalue weighted by molar-refractivity contribution is -0.119. The number of carbonyl (C=O) groups is 1. The molecule has 1 heterocycles. The Morgan fingerprint density at radius 1 is 1.40 bits per heavy atom. The van der Waals surface area contributed by atoms with E-state index in [1.165, 1.54) is 0 Å². The summed E-state index contributed by atoms with van der Waals surface area (Å²) in [6.45, 7) is 3.86. The van der Waals surface area contributed by atoms with E-state index >= 15 is 0 Å². The molecule has 20 heavy (non-hydrogen) atoms. The zero-order chi connectivity index (χ0) is 14.3. The predicted octanol–water partition coefficient (Wildman–Crippen LogP) is 1.77. The van der Waals surface area contributed by atoms with E-state index in [4.69, 9.17) is 4.65 Å². The average Bonchev–Trinajstić information content (AvgIpc) is 2.97. The molecule has 106 valence electrons. The van der Waals surface area contributed by atoms with E-state index < -0.39 is 12.7 Å².